The summed E-state index contributed by atoms with van der Waals surface area (Å²) in [6.07, 6.45) is 7.79. The van der Waals surface area contributed by atoms with E-state index in [-0.39, 0.29) is 10.9 Å². The molecule has 5 nitrogen and oxygen atoms in total. The summed E-state index contributed by atoms with van der Waals surface area (Å²) < 4.78 is 0. The Labute approximate surface area is 115 Å². The van der Waals surface area contributed by atoms with E-state index in [0.717, 1.165) is 42.6 Å². The van der Waals surface area contributed by atoms with E-state index in [1.54, 1.807) is 0 Å². The molecule has 6 heteroatoms. The molecule has 1 fully saturated rings. The molecule has 1 N–H and O–H groups in total. The first-order chi connectivity index (χ1) is 9.16. The Hall–Kier alpha value is -1.43. The molecule has 102 valence electrons. The third kappa shape index (κ3) is 2.25. The first kappa shape index (κ1) is 12.6. The van der Waals surface area contributed by atoms with Crippen molar-refractivity contribution >= 4 is 21.9 Å². The van der Waals surface area contributed by atoms with Crippen molar-refractivity contribution in [2.24, 2.45) is 11.8 Å². The van der Waals surface area contributed by atoms with Crippen molar-refractivity contribution in [3.63, 3.8) is 0 Å². The first-order valence-corrected chi connectivity index (χ1v) is 7.51. The van der Waals surface area contributed by atoms with E-state index in [1.165, 1.54) is 19.0 Å². The molecule has 3 rings (SSSR count). The fourth-order valence-electron chi connectivity index (χ4n) is 3.30. The molecule has 0 bridgehead atoms. The Balaban J connectivity index is 1.92. The molecule has 0 saturated heterocycles. The number of hydrogen-bond donors (Lipinski definition) is 1. The van der Waals surface area contributed by atoms with Crippen LogP contribution >= 0.6 is 11.3 Å². The third-order valence-electron chi connectivity index (χ3n) is 4.27. The summed E-state index contributed by atoms with van der Waals surface area (Å²) in [5.41, 5.74) is 0.834. The maximum atomic E-state index is 10.7. The zero-order valence-corrected chi connectivity index (χ0v) is 11.4. The lowest BCUT2D eigenvalue weighted by Gasteiger charge is -2.35. The molecule has 0 spiro atoms. The minimum Gasteiger partial charge on any atom is -0.512 e. The number of allylic oxidation sites excluding steroid dienone is 2. The van der Waals surface area contributed by atoms with Crippen molar-refractivity contribution in [1.82, 2.24) is 4.98 Å². The number of rotatable bonds is 2. The third-order valence-corrected chi connectivity index (χ3v) is 5.27. The molecular formula is C13H16N2O3S. The standard InChI is InChI=1S/C13H16N2O3S/c16-12-9-4-2-1-3-8(9)5-6-10(12)13-14-7-11(19-13)15(17)18/h7-9,16H,1-6H2/t8-,9+/m0/s1. The van der Waals surface area contributed by atoms with Gasteiger partial charge >= 0.3 is 5.00 Å². The van der Waals surface area contributed by atoms with Gasteiger partial charge in [-0.25, -0.2) is 4.98 Å². The molecular weight excluding hydrogens is 264 g/mol. The number of fused-ring (bicyclic) bond motifs is 1. The Bertz CT molecular complexity index is 538. The molecule has 0 aliphatic heterocycles. The molecule has 0 radical (unpaired) electrons. The molecule has 2 aliphatic rings. The summed E-state index contributed by atoms with van der Waals surface area (Å²) in [5.74, 6) is 1.29. The first-order valence-electron chi connectivity index (χ1n) is 6.69. The number of nitrogens with zero attached hydrogens (tertiary/aromatic N) is 2. The Kier molecular flexibility index (Phi) is 3.26. The summed E-state index contributed by atoms with van der Waals surface area (Å²) in [5, 5.41) is 21.8. The smallest absolute Gasteiger partial charge is 0.344 e. The van der Waals surface area contributed by atoms with Gasteiger partial charge in [-0.3, -0.25) is 10.1 Å². The van der Waals surface area contributed by atoms with Gasteiger partial charge in [0, 0.05) is 11.5 Å². The number of hydrogen-bond acceptors (Lipinski definition) is 5. The van der Waals surface area contributed by atoms with Gasteiger partial charge in [-0.2, -0.15) is 0 Å². The van der Waals surface area contributed by atoms with Crippen LogP contribution in [0.1, 0.15) is 43.5 Å². The topological polar surface area (TPSA) is 76.3 Å². The van der Waals surface area contributed by atoms with Crippen LogP contribution in [0.15, 0.2) is 12.0 Å². The molecule has 0 unspecified atom stereocenters. The highest BCUT2D eigenvalue weighted by atomic mass is 32.1. The van der Waals surface area contributed by atoms with Gasteiger partial charge in [0.05, 0.1) is 4.92 Å². The molecule has 2 atom stereocenters. The highest BCUT2D eigenvalue weighted by Crippen LogP contribution is 2.46. The van der Waals surface area contributed by atoms with Gasteiger partial charge in [0.1, 0.15) is 17.0 Å². The molecule has 2 aliphatic carbocycles. The molecule has 0 amide bonds. The average molecular weight is 280 g/mol. The van der Waals surface area contributed by atoms with Gasteiger partial charge in [-0.15, -0.1) is 0 Å². The lowest BCUT2D eigenvalue weighted by Crippen LogP contribution is -2.25. The number of nitro groups is 1. The number of aliphatic hydroxyl groups excluding tert-OH is 1. The fourth-order valence-corrected chi connectivity index (χ4v) is 4.11. The summed E-state index contributed by atoms with van der Waals surface area (Å²) in [6, 6.07) is 0. The monoisotopic (exact) mass is 280 g/mol. The summed E-state index contributed by atoms with van der Waals surface area (Å²) in [7, 11) is 0. The van der Waals surface area contributed by atoms with Crippen LogP contribution in [0, 0.1) is 22.0 Å². The second kappa shape index (κ2) is 4.92. The van der Waals surface area contributed by atoms with Crippen LogP contribution in [-0.2, 0) is 0 Å². The normalized spacial score (nSPS) is 27.2. The van der Waals surface area contributed by atoms with Crippen molar-refractivity contribution in [3.8, 4) is 0 Å². The largest absolute Gasteiger partial charge is 0.512 e. The molecule has 1 aromatic heterocycles. The highest BCUT2D eigenvalue weighted by molar-refractivity contribution is 7.15. The maximum Gasteiger partial charge on any atom is 0.344 e. The van der Waals surface area contributed by atoms with Crippen LogP contribution in [0.2, 0.25) is 0 Å². The molecule has 1 heterocycles. The van der Waals surface area contributed by atoms with E-state index in [0.29, 0.717) is 16.7 Å². The Morgan fingerprint density at radius 3 is 2.89 bits per heavy atom. The van der Waals surface area contributed by atoms with E-state index < -0.39 is 4.92 Å². The predicted octanol–water partition coefficient (Wildman–Crippen LogP) is 3.92. The minimum atomic E-state index is -0.426. The van der Waals surface area contributed by atoms with Crippen LogP contribution in [0.25, 0.3) is 5.57 Å². The van der Waals surface area contributed by atoms with Crippen molar-refractivity contribution in [1.29, 1.82) is 0 Å². The van der Waals surface area contributed by atoms with E-state index in [9.17, 15) is 15.2 Å². The predicted molar refractivity (Wildman–Crippen MR) is 73.0 cm³/mol. The quantitative estimate of drug-likeness (QED) is 0.658. The molecule has 1 aromatic rings. The lowest BCUT2D eigenvalue weighted by molar-refractivity contribution is -0.380. The minimum absolute atomic E-state index is 0.0427. The van der Waals surface area contributed by atoms with Crippen LogP contribution in [-0.4, -0.2) is 15.0 Å². The van der Waals surface area contributed by atoms with Crippen molar-refractivity contribution in [2.45, 2.75) is 38.5 Å². The van der Waals surface area contributed by atoms with Crippen LogP contribution in [0.5, 0.6) is 0 Å². The van der Waals surface area contributed by atoms with Gasteiger partial charge in [-0.05, 0) is 42.9 Å². The van der Waals surface area contributed by atoms with Gasteiger partial charge in [-0.1, -0.05) is 12.8 Å². The summed E-state index contributed by atoms with van der Waals surface area (Å²) in [4.78, 5) is 14.4. The van der Waals surface area contributed by atoms with E-state index in [4.69, 9.17) is 0 Å². The zero-order chi connectivity index (χ0) is 13.4. The van der Waals surface area contributed by atoms with Gasteiger partial charge in [0.2, 0.25) is 0 Å². The fraction of sp³-hybridized carbons (Fsp3) is 0.615. The highest BCUT2D eigenvalue weighted by Gasteiger charge is 2.34. The SMILES string of the molecule is O=[N+]([O-])c1cnc(C2=C(O)[C@@H]3CCCC[C@H]3CC2)s1. The average Bonchev–Trinajstić information content (AvgIpc) is 2.89. The Morgan fingerprint density at radius 2 is 2.16 bits per heavy atom. The maximum absolute atomic E-state index is 10.7. The molecule has 0 aromatic carbocycles. The van der Waals surface area contributed by atoms with E-state index >= 15 is 0 Å². The van der Waals surface area contributed by atoms with E-state index in [2.05, 4.69) is 4.98 Å². The van der Waals surface area contributed by atoms with Gasteiger partial charge in [0.15, 0.2) is 0 Å². The van der Waals surface area contributed by atoms with Crippen molar-refractivity contribution in [3.05, 3.63) is 27.1 Å². The zero-order valence-electron chi connectivity index (χ0n) is 10.5. The van der Waals surface area contributed by atoms with Gasteiger partial charge in [0.25, 0.3) is 0 Å². The lowest BCUT2D eigenvalue weighted by atomic mass is 9.71. The molecule has 1 saturated carbocycles. The van der Waals surface area contributed by atoms with Gasteiger partial charge < -0.3 is 5.11 Å². The van der Waals surface area contributed by atoms with Crippen LogP contribution in [0.4, 0.5) is 5.00 Å². The second-order valence-electron chi connectivity index (χ2n) is 5.31. The number of thiazole rings is 1. The van der Waals surface area contributed by atoms with E-state index in [1.807, 2.05) is 0 Å². The summed E-state index contributed by atoms with van der Waals surface area (Å²) >= 11 is 1.06. The van der Waals surface area contributed by atoms with Crippen LogP contribution < -0.4 is 0 Å². The molecule has 19 heavy (non-hydrogen) atoms. The number of aliphatic hydroxyl groups is 1. The Morgan fingerprint density at radius 1 is 1.37 bits per heavy atom. The number of aromatic nitrogens is 1. The summed E-state index contributed by atoms with van der Waals surface area (Å²) in [6.45, 7) is 0. The van der Waals surface area contributed by atoms with Crippen molar-refractivity contribution in [2.75, 3.05) is 0 Å². The second-order valence-corrected chi connectivity index (χ2v) is 6.32. The van der Waals surface area contributed by atoms with Crippen LogP contribution in [0.3, 0.4) is 0 Å². The van der Waals surface area contributed by atoms with Crippen molar-refractivity contribution < 1.29 is 10.0 Å².